The summed E-state index contributed by atoms with van der Waals surface area (Å²) in [6, 6.07) is 0. The second kappa shape index (κ2) is 8.11. The molecule has 0 amide bonds. The molecule has 0 heterocycles. The van der Waals surface area contributed by atoms with Crippen LogP contribution in [0.25, 0.3) is 0 Å². The Bertz CT molecular complexity index is 160. The van der Waals surface area contributed by atoms with E-state index in [4.69, 9.17) is 4.43 Å². The Labute approximate surface area is 97.0 Å². The topological polar surface area (TPSA) is 9.23 Å². The highest BCUT2D eigenvalue weighted by molar-refractivity contribution is 6.69. The molecule has 0 radical (unpaired) electrons. The van der Waals surface area contributed by atoms with Crippen LogP contribution in [0.5, 0.6) is 0 Å². The van der Waals surface area contributed by atoms with Crippen molar-refractivity contribution in [3.63, 3.8) is 0 Å². The standard InChI is InChI=1S/C13H28OSi/c1-6-8-9-10-11-12-13(7-2)14-15(3,4)5/h7,13H,2,6,8-12H2,1,3-5H3. The predicted octanol–water partition coefficient (Wildman–Crippen LogP) is 4.75. The lowest BCUT2D eigenvalue weighted by molar-refractivity contribution is 0.226. The zero-order chi connectivity index (χ0) is 11.7. The van der Waals surface area contributed by atoms with E-state index < -0.39 is 8.32 Å². The molecule has 1 nitrogen and oxygen atoms in total. The molecule has 0 spiro atoms. The molecule has 90 valence electrons. The molecule has 15 heavy (non-hydrogen) atoms. The van der Waals surface area contributed by atoms with Crippen LogP contribution in [0.3, 0.4) is 0 Å². The monoisotopic (exact) mass is 228 g/mol. The van der Waals surface area contributed by atoms with E-state index in [9.17, 15) is 0 Å². The van der Waals surface area contributed by atoms with Gasteiger partial charge in [0.05, 0.1) is 6.10 Å². The third-order valence-corrected chi connectivity index (χ3v) is 3.37. The molecule has 0 rings (SSSR count). The predicted molar refractivity (Wildman–Crippen MR) is 71.8 cm³/mol. The number of unbranched alkanes of at least 4 members (excludes halogenated alkanes) is 4. The number of rotatable bonds is 9. The largest absolute Gasteiger partial charge is 0.411 e. The fourth-order valence-corrected chi connectivity index (χ4v) is 2.75. The van der Waals surface area contributed by atoms with E-state index in [0.717, 1.165) is 6.42 Å². The molecule has 0 aliphatic rings. The summed E-state index contributed by atoms with van der Waals surface area (Å²) in [5.41, 5.74) is 0. The average molecular weight is 228 g/mol. The quantitative estimate of drug-likeness (QED) is 0.314. The summed E-state index contributed by atoms with van der Waals surface area (Å²) in [5, 5.41) is 0. The van der Waals surface area contributed by atoms with Gasteiger partial charge in [-0.05, 0) is 26.1 Å². The average Bonchev–Trinajstić information content (AvgIpc) is 2.14. The molecule has 0 aromatic heterocycles. The van der Waals surface area contributed by atoms with E-state index in [2.05, 4.69) is 33.1 Å². The smallest absolute Gasteiger partial charge is 0.184 e. The molecule has 1 unspecified atom stereocenters. The van der Waals surface area contributed by atoms with Crippen molar-refractivity contribution < 1.29 is 4.43 Å². The lowest BCUT2D eigenvalue weighted by Gasteiger charge is -2.24. The molecule has 0 N–H and O–H groups in total. The van der Waals surface area contributed by atoms with Crippen molar-refractivity contribution in [2.24, 2.45) is 0 Å². The van der Waals surface area contributed by atoms with Crippen LogP contribution >= 0.6 is 0 Å². The Morgan fingerprint density at radius 2 is 1.73 bits per heavy atom. The summed E-state index contributed by atoms with van der Waals surface area (Å²) in [6.07, 6.45) is 10.1. The minimum atomic E-state index is -1.39. The summed E-state index contributed by atoms with van der Waals surface area (Å²) in [4.78, 5) is 0. The number of hydrogen-bond acceptors (Lipinski definition) is 1. The van der Waals surface area contributed by atoms with Crippen molar-refractivity contribution in [3.05, 3.63) is 12.7 Å². The van der Waals surface area contributed by atoms with Gasteiger partial charge in [0.25, 0.3) is 0 Å². The normalized spacial score (nSPS) is 13.9. The van der Waals surface area contributed by atoms with Crippen LogP contribution in [0, 0.1) is 0 Å². The van der Waals surface area contributed by atoms with Crippen molar-refractivity contribution in [3.8, 4) is 0 Å². The molecule has 0 aliphatic carbocycles. The molecular weight excluding hydrogens is 200 g/mol. The van der Waals surface area contributed by atoms with Crippen LogP contribution in [0.15, 0.2) is 12.7 Å². The Hall–Kier alpha value is -0.0831. The van der Waals surface area contributed by atoms with Gasteiger partial charge in [-0.25, -0.2) is 0 Å². The molecule has 0 aromatic carbocycles. The highest BCUT2D eigenvalue weighted by atomic mass is 28.4. The van der Waals surface area contributed by atoms with Gasteiger partial charge >= 0.3 is 0 Å². The van der Waals surface area contributed by atoms with Crippen LogP contribution < -0.4 is 0 Å². The van der Waals surface area contributed by atoms with Crippen molar-refractivity contribution >= 4 is 8.32 Å². The Kier molecular flexibility index (Phi) is 8.07. The van der Waals surface area contributed by atoms with Gasteiger partial charge in [0.1, 0.15) is 0 Å². The van der Waals surface area contributed by atoms with Gasteiger partial charge in [0.2, 0.25) is 0 Å². The highest BCUT2D eigenvalue weighted by Gasteiger charge is 2.18. The second-order valence-electron chi connectivity index (χ2n) is 5.21. The summed E-state index contributed by atoms with van der Waals surface area (Å²) in [5.74, 6) is 0. The summed E-state index contributed by atoms with van der Waals surface area (Å²) in [6.45, 7) is 12.8. The van der Waals surface area contributed by atoms with E-state index in [1.807, 2.05) is 6.08 Å². The van der Waals surface area contributed by atoms with Gasteiger partial charge in [0, 0.05) is 0 Å². The van der Waals surface area contributed by atoms with E-state index >= 15 is 0 Å². The first-order valence-corrected chi connectivity index (χ1v) is 9.71. The molecule has 0 aliphatic heterocycles. The molecule has 0 saturated carbocycles. The van der Waals surface area contributed by atoms with Crippen molar-refractivity contribution in [1.29, 1.82) is 0 Å². The van der Waals surface area contributed by atoms with E-state index in [1.165, 1.54) is 32.1 Å². The van der Waals surface area contributed by atoms with Crippen LogP contribution in [0.1, 0.15) is 45.4 Å². The third-order valence-electron chi connectivity index (χ3n) is 2.36. The lowest BCUT2D eigenvalue weighted by atomic mass is 10.1. The maximum atomic E-state index is 6.01. The molecule has 0 saturated heterocycles. The first-order valence-electron chi connectivity index (χ1n) is 6.30. The van der Waals surface area contributed by atoms with Gasteiger partial charge in [-0.1, -0.05) is 45.1 Å². The maximum absolute atomic E-state index is 6.01. The maximum Gasteiger partial charge on any atom is 0.184 e. The summed E-state index contributed by atoms with van der Waals surface area (Å²) < 4.78 is 6.01. The van der Waals surface area contributed by atoms with Crippen molar-refractivity contribution in [2.45, 2.75) is 71.2 Å². The minimum Gasteiger partial charge on any atom is -0.411 e. The third kappa shape index (κ3) is 10.2. The van der Waals surface area contributed by atoms with Gasteiger partial charge in [0.15, 0.2) is 8.32 Å². The van der Waals surface area contributed by atoms with Gasteiger partial charge < -0.3 is 4.43 Å². The van der Waals surface area contributed by atoms with E-state index in [1.54, 1.807) is 0 Å². The van der Waals surface area contributed by atoms with E-state index in [0.29, 0.717) is 6.10 Å². The first-order chi connectivity index (χ1) is 6.99. The zero-order valence-corrected chi connectivity index (χ0v) is 12.0. The zero-order valence-electron chi connectivity index (χ0n) is 11.0. The number of hydrogen-bond donors (Lipinski definition) is 0. The fraction of sp³-hybridized carbons (Fsp3) is 0.846. The van der Waals surface area contributed by atoms with Crippen LogP contribution in [0.2, 0.25) is 19.6 Å². The van der Waals surface area contributed by atoms with Crippen LogP contribution in [-0.2, 0) is 4.43 Å². The molecule has 1 atom stereocenters. The molecule has 0 fully saturated rings. The van der Waals surface area contributed by atoms with E-state index in [-0.39, 0.29) is 0 Å². The Morgan fingerprint density at radius 3 is 2.20 bits per heavy atom. The van der Waals surface area contributed by atoms with Crippen molar-refractivity contribution in [1.82, 2.24) is 0 Å². The van der Waals surface area contributed by atoms with Crippen molar-refractivity contribution in [2.75, 3.05) is 0 Å². The van der Waals surface area contributed by atoms with Gasteiger partial charge in [-0.3, -0.25) is 0 Å². The first kappa shape index (κ1) is 14.9. The van der Waals surface area contributed by atoms with Crippen LogP contribution in [-0.4, -0.2) is 14.4 Å². The Balaban J connectivity index is 3.58. The Morgan fingerprint density at radius 1 is 1.13 bits per heavy atom. The van der Waals surface area contributed by atoms with Gasteiger partial charge in [-0.2, -0.15) is 0 Å². The van der Waals surface area contributed by atoms with Gasteiger partial charge in [-0.15, -0.1) is 6.58 Å². The molecule has 0 bridgehead atoms. The van der Waals surface area contributed by atoms with Crippen LogP contribution in [0.4, 0.5) is 0 Å². The fourth-order valence-electron chi connectivity index (χ4n) is 1.63. The molecular formula is C13H28OSi. The molecule has 0 aromatic rings. The molecule has 2 heteroatoms. The highest BCUT2D eigenvalue weighted by Crippen LogP contribution is 2.14. The SMILES string of the molecule is C=CC(CCCCCCC)O[Si](C)(C)C. The lowest BCUT2D eigenvalue weighted by Crippen LogP contribution is -2.30. The second-order valence-corrected chi connectivity index (χ2v) is 9.67. The minimum absolute atomic E-state index is 0.290. The summed E-state index contributed by atoms with van der Waals surface area (Å²) in [7, 11) is -1.39. The summed E-state index contributed by atoms with van der Waals surface area (Å²) >= 11 is 0.